The number of nitrogens with zero attached hydrogens (tertiary/aromatic N) is 1. The van der Waals surface area contributed by atoms with Crippen molar-refractivity contribution in [2.45, 2.75) is 26.2 Å². The molecule has 2 rings (SSSR count). The minimum atomic E-state index is 0.144. The Bertz CT molecular complexity index is 542. The molecule has 0 aliphatic carbocycles. The Morgan fingerprint density at radius 1 is 1.33 bits per heavy atom. The quantitative estimate of drug-likeness (QED) is 0.862. The highest BCUT2D eigenvalue weighted by Crippen LogP contribution is 2.17. The summed E-state index contributed by atoms with van der Waals surface area (Å²) < 4.78 is 2.10. The van der Waals surface area contributed by atoms with Crippen LogP contribution in [0.5, 0.6) is 0 Å². The minimum absolute atomic E-state index is 0.144. The zero-order valence-corrected chi connectivity index (χ0v) is 11.1. The van der Waals surface area contributed by atoms with Crippen molar-refractivity contribution in [3.63, 3.8) is 0 Å². The first-order chi connectivity index (χ1) is 8.70. The topological polar surface area (TPSA) is 34.0 Å². The van der Waals surface area contributed by atoms with Crippen molar-refractivity contribution >= 4 is 16.8 Å². The molecular formula is C15H20N2O. The Hall–Kier alpha value is -1.77. The molecule has 96 valence electrons. The van der Waals surface area contributed by atoms with Crippen LogP contribution in [0.4, 0.5) is 0 Å². The fourth-order valence-corrected chi connectivity index (χ4v) is 2.10. The maximum atomic E-state index is 11.5. The van der Waals surface area contributed by atoms with Gasteiger partial charge in [0.05, 0.1) is 0 Å². The third kappa shape index (κ3) is 2.92. The van der Waals surface area contributed by atoms with Crippen LogP contribution in [0.1, 0.15) is 25.3 Å². The first kappa shape index (κ1) is 12.7. The molecule has 1 amide bonds. The predicted octanol–water partition coefficient (Wildman–Crippen LogP) is 2.64. The van der Waals surface area contributed by atoms with Crippen LogP contribution >= 0.6 is 0 Å². The Labute approximate surface area is 108 Å². The fourth-order valence-electron chi connectivity index (χ4n) is 2.10. The molecule has 3 nitrogen and oxygen atoms in total. The monoisotopic (exact) mass is 244 g/mol. The average Bonchev–Trinajstić information content (AvgIpc) is 2.75. The number of carbonyl (C=O) groups is 1. The third-order valence-electron chi connectivity index (χ3n) is 3.16. The highest BCUT2D eigenvalue weighted by molar-refractivity contribution is 5.81. The van der Waals surface area contributed by atoms with Crippen molar-refractivity contribution in [1.29, 1.82) is 0 Å². The van der Waals surface area contributed by atoms with Crippen LogP contribution < -0.4 is 5.32 Å². The highest BCUT2D eigenvalue weighted by Gasteiger charge is 2.03. The first-order valence-electron chi connectivity index (χ1n) is 6.51. The number of hydrogen-bond acceptors (Lipinski definition) is 1. The van der Waals surface area contributed by atoms with Gasteiger partial charge < -0.3 is 9.88 Å². The van der Waals surface area contributed by atoms with E-state index in [1.807, 2.05) is 7.05 Å². The van der Waals surface area contributed by atoms with E-state index in [0.29, 0.717) is 6.42 Å². The van der Waals surface area contributed by atoms with Gasteiger partial charge in [-0.15, -0.1) is 0 Å². The lowest BCUT2D eigenvalue weighted by atomic mass is 10.1. The highest BCUT2D eigenvalue weighted by atomic mass is 16.1. The Kier molecular flexibility index (Phi) is 4.03. The van der Waals surface area contributed by atoms with Crippen molar-refractivity contribution in [1.82, 2.24) is 9.88 Å². The van der Waals surface area contributed by atoms with Crippen LogP contribution in [-0.2, 0) is 18.3 Å². The summed E-state index contributed by atoms with van der Waals surface area (Å²) in [5.41, 5.74) is 2.45. The Morgan fingerprint density at radius 3 is 2.94 bits per heavy atom. The van der Waals surface area contributed by atoms with E-state index in [1.54, 1.807) is 0 Å². The van der Waals surface area contributed by atoms with E-state index in [0.717, 1.165) is 19.4 Å². The van der Waals surface area contributed by atoms with Gasteiger partial charge in [-0.1, -0.05) is 13.0 Å². The van der Waals surface area contributed by atoms with Gasteiger partial charge in [0.2, 0.25) is 5.91 Å². The molecule has 1 N–H and O–H groups in total. The second-order valence-corrected chi connectivity index (χ2v) is 4.67. The number of rotatable bonds is 5. The van der Waals surface area contributed by atoms with Gasteiger partial charge in [-0.05, 0) is 42.0 Å². The van der Waals surface area contributed by atoms with Gasteiger partial charge >= 0.3 is 0 Å². The number of carbonyl (C=O) groups excluding carboxylic acids is 1. The molecule has 1 aromatic heterocycles. The van der Waals surface area contributed by atoms with Crippen LogP contribution in [0.15, 0.2) is 30.5 Å². The molecule has 0 aliphatic heterocycles. The summed E-state index contributed by atoms with van der Waals surface area (Å²) in [6, 6.07) is 8.50. The normalized spacial score (nSPS) is 10.8. The van der Waals surface area contributed by atoms with Gasteiger partial charge in [0.25, 0.3) is 0 Å². The third-order valence-corrected chi connectivity index (χ3v) is 3.16. The molecule has 0 spiro atoms. The summed E-state index contributed by atoms with van der Waals surface area (Å²) in [6.07, 6.45) is 4.42. The molecule has 1 heterocycles. The van der Waals surface area contributed by atoms with Crippen LogP contribution in [0.2, 0.25) is 0 Å². The smallest absolute Gasteiger partial charge is 0.220 e. The summed E-state index contributed by atoms with van der Waals surface area (Å²) in [5, 5.41) is 4.14. The molecule has 0 unspecified atom stereocenters. The summed E-state index contributed by atoms with van der Waals surface area (Å²) in [6.45, 7) is 2.83. The van der Waals surface area contributed by atoms with Crippen molar-refractivity contribution in [3.8, 4) is 0 Å². The van der Waals surface area contributed by atoms with E-state index in [-0.39, 0.29) is 5.91 Å². The second kappa shape index (κ2) is 5.71. The molecular weight excluding hydrogens is 224 g/mol. The minimum Gasteiger partial charge on any atom is -0.356 e. The number of amides is 1. The lowest BCUT2D eigenvalue weighted by molar-refractivity contribution is -0.121. The molecule has 1 aromatic carbocycles. The SMILES string of the molecule is CCCNC(=O)CCc1ccc2c(ccn2C)c1. The average molecular weight is 244 g/mol. The van der Waals surface area contributed by atoms with E-state index in [4.69, 9.17) is 0 Å². The zero-order valence-electron chi connectivity index (χ0n) is 11.1. The van der Waals surface area contributed by atoms with Crippen molar-refractivity contribution in [2.75, 3.05) is 6.54 Å². The summed E-state index contributed by atoms with van der Waals surface area (Å²) in [5.74, 6) is 0.144. The standard InChI is InChI=1S/C15H20N2O/c1-3-9-16-15(18)7-5-12-4-6-14-13(11-12)8-10-17(14)2/h4,6,8,10-11H,3,5,7,9H2,1-2H3,(H,16,18). The van der Waals surface area contributed by atoms with Gasteiger partial charge in [0, 0.05) is 31.7 Å². The maximum absolute atomic E-state index is 11.5. The molecule has 3 heteroatoms. The largest absolute Gasteiger partial charge is 0.356 e. The van der Waals surface area contributed by atoms with E-state index < -0.39 is 0 Å². The first-order valence-corrected chi connectivity index (χ1v) is 6.51. The number of aryl methyl sites for hydroxylation is 2. The summed E-state index contributed by atoms with van der Waals surface area (Å²) in [7, 11) is 2.04. The van der Waals surface area contributed by atoms with Crippen LogP contribution in [0.3, 0.4) is 0 Å². The number of aromatic nitrogens is 1. The molecule has 0 saturated heterocycles. The lowest BCUT2D eigenvalue weighted by Gasteiger charge is -2.04. The van der Waals surface area contributed by atoms with Crippen molar-refractivity contribution in [2.24, 2.45) is 7.05 Å². The number of benzene rings is 1. The number of hydrogen-bond donors (Lipinski definition) is 1. The predicted molar refractivity (Wildman–Crippen MR) is 74.5 cm³/mol. The number of fused-ring (bicyclic) bond motifs is 1. The van der Waals surface area contributed by atoms with Crippen molar-refractivity contribution in [3.05, 3.63) is 36.0 Å². The van der Waals surface area contributed by atoms with E-state index in [1.165, 1.54) is 16.5 Å². The Morgan fingerprint density at radius 2 is 2.17 bits per heavy atom. The van der Waals surface area contributed by atoms with E-state index >= 15 is 0 Å². The lowest BCUT2D eigenvalue weighted by Crippen LogP contribution is -2.24. The van der Waals surface area contributed by atoms with Crippen LogP contribution in [0, 0.1) is 0 Å². The molecule has 0 fully saturated rings. The van der Waals surface area contributed by atoms with Gasteiger partial charge in [-0.3, -0.25) is 4.79 Å². The van der Waals surface area contributed by atoms with E-state index in [2.05, 4.69) is 47.3 Å². The molecule has 0 atom stereocenters. The zero-order chi connectivity index (χ0) is 13.0. The van der Waals surface area contributed by atoms with Gasteiger partial charge in [0.1, 0.15) is 0 Å². The van der Waals surface area contributed by atoms with Gasteiger partial charge in [-0.25, -0.2) is 0 Å². The van der Waals surface area contributed by atoms with E-state index in [9.17, 15) is 4.79 Å². The second-order valence-electron chi connectivity index (χ2n) is 4.67. The van der Waals surface area contributed by atoms with Crippen LogP contribution in [-0.4, -0.2) is 17.0 Å². The molecule has 2 aromatic rings. The summed E-state index contributed by atoms with van der Waals surface area (Å²) >= 11 is 0. The molecule has 0 saturated carbocycles. The molecule has 0 bridgehead atoms. The van der Waals surface area contributed by atoms with Crippen LogP contribution in [0.25, 0.3) is 10.9 Å². The maximum Gasteiger partial charge on any atom is 0.220 e. The molecule has 0 aliphatic rings. The summed E-state index contributed by atoms with van der Waals surface area (Å²) in [4.78, 5) is 11.5. The molecule has 18 heavy (non-hydrogen) atoms. The van der Waals surface area contributed by atoms with Gasteiger partial charge in [0.15, 0.2) is 0 Å². The Balaban J connectivity index is 1.97. The van der Waals surface area contributed by atoms with Crippen molar-refractivity contribution < 1.29 is 4.79 Å². The molecule has 0 radical (unpaired) electrons. The fraction of sp³-hybridized carbons (Fsp3) is 0.400. The number of nitrogens with one attached hydrogen (secondary N) is 1. The van der Waals surface area contributed by atoms with Gasteiger partial charge in [-0.2, -0.15) is 0 Å².